The molecule has 0 fully saturated rings. The van der Waals surface area contributed by atoms with Gasteiger partial charge in [-0.05, 0) is 48.0 Å². The highest BCUT2D eigenvalue weighted by Crippen LogP contribution is 2.32. The van der Waals surface area contributed by atoms with Gasteiger partial charge in [0.05, 0.1) is 38.9 Å². The second kappa shape index (κ2) is 9.11. The van der Waals surface area contributed by atoms with E-state index in [1.165, 1.54) is 36.5 Å². The largest absolute Gasteiger partial charge is 0.497 e. The van der Waals surface area contributed by atoms with E-state index >= 15 is 0 Å². The van der Waals surface area contributed by atoms with Crippen molar-refractivity contribution in [1.29, 1.82) is 0 Å². The summed E-state index contributed by atoms with van der Waals surface area (Å²) >= 11 is 1.34. The van der Waals surface area contributed by atoms with E-state index in [9.17, 15) is 9.59 Å². The van der Waals surface area contributed by atoms with Gasteiger partial charge in [-0.25, -0.2) is 4.98 Å². The molecule has 0 saturated heterocycles. The van der Waals surface area contributed by atoms with E-state index in [1.54, 1.807) is 25.3 Å². The molecule has 0 spiro atoms. The predicted molar refractivity (Wildman–Crippen MR) is 124 cm³/mol. The molecule has 32 heavy (non-hydrogen) atoms. The number of nitrogens with one attached hydrogen (secondary N) is 1. The SMILES string of the molecule is COc1ccc(-c2cc3ncn(CC(=O)Nc4cc(OC)ccc4OC)c(=O)c3s2)cc1. The van der Waals surface area contributed by atoms with Crippen LogP contribution in [0.5, 0.6) is 17.2 Å². The number of anilines is 1. The minimum absolute atomic E-state index is 0.183. The predicted octanol–water partition coefficient (Wildman–Crippen LogP) is 3.79. The number of methoxy groups -OCH3 is 3. The molecule has 1 amide bonds. The number of nitrogens with zero attached hydrogens (tertiary/aromatic N) is 2. The molecule has 8 nitrogen and oxygen atoms in total. The summed E-state index contributed by atoms with van der Waals surface area (Å²) in [6, 6.07) is 14.5. The van der Waals surface area contributed by atoms with Crippen molar-refractivity contribution in [2.24, 2.45) is 0 Å². The molecule has 2 aromatic carbocycles. The van der Waals surface area contributed by atoms with Gasteiger partial charge in [-0.2, -0.15) is 0 Å². The molecule has 0 aliphatic carbocycles. The van der Waals surface area contributed by atoms with Crippen LogP contribution >= 0.6 is 11.3 Å². The summed E-state index contributed by atoms with van der Waals surface area (Å²) < 4.78 is 17.4. The summed E-state index contributed by atoms with van der Waals surface area (Å²) in [5.41, 5.74) is 1.74. The molecular formula is C23H21N3O5S. The van der Waals surface area contributed by atoms with Gasteiger partial charge in [0.15, 0.2) is 0 Å². The first kappa shape index (κ1) is 21.4. The molecule has 9 heteroatoms. The zero-order valence-electron chi connectivity index (χ0n) is 17.7. The highest BCUT2D eigenvalue weighted by molar-refractivity contribution is 7.22. The van der Waals surface area contributed by atoms with Crippen molar-refractivity contribution < 1.29 is 19.0 Å². The van der Waals surface area contributed by atoms with Gasteiger partial charge < -0.3 is 19.5 Å². The number of carbonyl (C=O) groups is 1. The third-order valence-electron chi connectivity index (χ3n) is 4.87. The van der Waals surface area contributed by atoms with Crippen LogP contribution in [0.15, 0.2) is 59.7 Å². The first-order valence-electron chi connectivity index (χ1n) is 9.67. The first-order valence-corrected chi connectivity index (χ1v) is 10.5. The van der Waals surface area contributed by atoms with Crippen molar-refractivity contribution >= 4 is 33.1 Å². The quantitative estimate of drug-likeness (QED) is 0.460. The highest BCUT2D eigenvalue weighted by atomic mass is 32.1. The van der Waals surface area contributed by atoms with Gasteiger partial charge in [0.2, 0.25) is 5.91 Å². The van der Waals surface area contributed by atoms with Crippen LogP contribution in [0.3, 0.4) is 0 Å². The Hall–Kier alpha value is -3.85. The zero-order valence-corrected chi connectivity index (χ0v) is 18.6. The molecule has 1 N–H and O–H groups in total. The van der Waals surface area contributed by atoms with Crippen LogP contribution in [0.25, 0.3) is 20.7 Å². The minimum atomic E-state index is -0.383. The highest BCUT2D eigenvalue weighted by Gasteiger charge is 2.14. The number of ether oxygens (including phenoxy) is 3. The maximum atomic E-state index is 13.0. The molecule has 2 aromatic heterocycles. The number of fused-ring (bicyclic) bond motifs is 1. The summed E-state index contributed by atoms with van der Waals surface area (Å²) in [5.74, 6) is 1.44. The van der Waals surface area contributed by atoms with Crippen molar-refractivity contribution in [2.45, 2.75) is 6.54 Å². The Morgan fingerprint density at radius 1 is 1.00 bits per heavy atom. The lowest BCUT2D eigenvalue weighted by atomic mass is 10.2. The van der Waals surface area contributed by atoms with Crippen LogP contribution < -0.4 is 25.1 Å². The molecule has 164 valence electrons. The number of carbonyl (C=O) groups excluding carboxylic acids is 1. The number of thiophene rings is 1. The number of hydrogen-bond donors (Lipinski definition) is 1. The summed E-state index contributed by atoms with van der Waals surface area (Å²) in [6.07, 6.45) is 1.39. The summed E-state index contributed by atoms with van der Waals surface area (Å²) in [5, 5.41) is 2.76. The number of hydrogen-bond acceptors (Lipinski definition) is 7. The molecule has 0 aliphatic rings. The Labute approximate surface area is 188 Å². The number of benzene rings is 2. The molecule has 0 unspecified atom stereocenters. The average Bonchev–Trinajstić information content (AvgIpc) is 3.26. The van der Waals surface area contributed by atoms with Crippen molar-refractivity contribution in [3.8, 4) is 27.7 Å². The monoisotopic (exact) mass is 451 g/mol. The number of aromatic nitrogens is 2. The maximum absolute atomic E-state index is 13.0. The van der Waals surface area contributed by atoms with Crippen LogP contribution in [-0.4, -0.2) is 36.8 Å². The van der Waals surface area contributed by atoms with Crippen molar-refractivity contribution in [2.75, 3.05) is 26.6 Å². The second-order valence-electron chi connectivity index (χ2n) is 6.85. The van der Waals surface area contributed by atoms with E-state index in [0.717, 1.165) is 16.2 Å². The molecule has 0 radical (unpaired) electrons. The normalized spacial score (nSPS) is 10.7. The third kappa shape index (κ3) is 4.28. The molecule has 0 aliphatic heterocycles. The van der Waals surface area contributed by atoms with Crippen LogP contribution in [0.2, 0.25) is 0 Å². The van der Waals surface area contributed by atoms with Gasteiger partial charge in [0.25, 0.3) is 5.56 Å². The van der Waals surface area contributed by atoms with E-state index in [1.807, 2.05) is 30.3 Å². The summed E-state index contributed by atoms with van der Waals surface area (Å²) in [6.45, 7) is -0.183. The lowest BCUT2D eigenvalue weighted by Gasteiger charge is -2.12. The first-order chi connectivity index (χ1) is 15.5. The fourth-order valence-corrected chi connectivity index (χ4v) is 4.28. The Morgan fingerprint density at radius 3 is 2.41 bits per heavy atom. The van der Waals surface area contributed by atoms with Crippen LogP contribution in [0.4, 0.5) is 5.69 Å². The Morgan fingerprint density at radius 2 is 1.72 bits per heavy atom. The van der Waals surface area contributed by atoms with Crippen LogP contribution in [-0.2, 0) is 11.3 Å². The van der Waals surface area contributed by atoms with E-state index in [2.05, 4.69) is 10.3 Å². The fraction of sp³-hybridized carbons (Fsp3) is 0.174. The van der Waals surface area contributed by atoms with E-state index in [4.69, 9.17) is 14.2 Å². The molecule has 0 atom stereocenters. The smallest absolute Gasteiger partial charge is 0.271 e. The minimum Gasteiger partial charge on any atom is -0.497 e. The maximum Gasteiger partial charge on any atom is 0.271 e. The van der Waals surface area contributed by atoms with E-state index < -0.39 is 0 Å². The molecule has 0 saturated carbocycles. The van der Waals surface area contributed by atoms with Crippen LogP contribution in [0, 0.1) is 0 Å². The second-order valence-corrected chi connectivity index (χ2v) is 7.90. The van der Waals surface area contributed by atoms with Gasteiger partial charge in [0, 0.05) is 10.9 Å². The Balaban J connectivity index is 1.58. The summed E-state index contributed by atoms with van der Waals surface area (Å²) in [4.78, 5) is 30.9. The van der Waals surface area contributed by atoms with Gasteiger partial charge in [-0.15, -0.1) is 11.3 Å². The zero-order chi connectivity index (χ0) is 22.7. The topological polar surface area (TPSA) is 91.7 Å². The molecule has 2 heterocycles. The molecule has 4 rings (SSSR count). The van der Waals surface area contributed by atoms with E-state index in [-0.39, 0.29) is 18.0 Å². The van der Waals surface area contributed by atoms with Crippen LogP contribution in [0.1, 0.15) is 0 Å². The summed E-state index contributed by atoms with van der Waals surface area (Å²) in [7, 11) is 4.66. The van der Waals surface area contributed by atoms with E-state index in [0.29, 0.717) is 27.4 Å². The third-order valence-corrected chi connectivity index (χ3v) is 6.03. The standard InChI is InChI=1S/C23H21N3O5S/c1-29-15-6-4-14(5-7-15)20-11-18-22(32-20)23(28)26(13-24-18)12-21(27)25-17-10-16(30-2)8-9-19(17)31-3/h4-11,13H,12H2,1-3H3,(H,25,27). The van der Waals surface area contributed by atoms with Crippen molar-refractivity contribution in [3.63, 3.8) is 0 Å². The molecule has 4 aromatic rings. The van der Waals surface area contributed by atoms with Crippen molar-refractivity contribution in [1.82, 2.24) is 9.55 Å². The molecule has 0 bridgehead atoms. The molecular weight excluding hydrogens is 430 g/mol. The Bertz CT molecular complexity index is 1330. The Kier molecular flexibility index (Phi) is 6.09. The van der Waals surface area contributed by atoms with Gasteiger partial charge in [-0.1, -0.05) is 0 Å². The van der Waals surface area contributed by atoms with Gasteiger partial charge in [-0.3, -0.25) is 14.2 Å². The fourth-order valence-electron chi connectivity index (χ4n) is 3.21. The average molecular weight is 452 g/mol. The number of rotatable bonds is 7. The van der Waals surface area contributed by atoms with Gasteiger partial charge >= 0.3 is 0 Å². The van der Waals surface area contributed by atoms with Crippen molar-refractivity contribution in [3.05, 3.63) is 65.2 Å². The van der Waals surface area contributed by atoms with Gasteiger partial charge in [0.1, 0.15) is 28.5 Å². The lowest BCUT2D eigenvalue weighted by molar-refractivity contribution is -0.116. The lowest BCUT2D eigenvalue weighted by Crippen LogP contribution is -2.27. The number of amides is 1.